The molecule has 2 atom stereocenters. The maximum Gasteiger partial charge on any atom is 0.307 e. The van der Waals surface area contributed by atoms with Crippen molar-refractivity contribution < 1.29 is 19.4 Å². The van der Waals surface area contributed by atoms with Crippen LogP contribution in [0.4, 0.5) is 5.69 Å². The number of aryl methyl sites for hydroxylation is 1. The average molecular weight is 382 g/mol. The number of benzene rings is 2. The number of likely N-dealkylation sites (tertiary alicyclic amines) is 1. The smallest absolute Gasteiger partial charge is 0.307 e. The third-order valence-electron chi connectivity index (χ3n) is 5.14. The summed E-state index contributed by atoms with van der Waals surface area (Å²) in [5, 5.41) is 12.4. The van der Waals surface area contributed by atoms with Crippen LogP contribution >= 0.6 is 0 Å². The first-order chi connectivity index (χ1) is 13.5. The summed E-state index contributed by atoms with van der Waals surface area (Å²) in [4.78, 5) is 26.8. The molecule has 3 rings (SSSR count). The number of methoxy groups -OCH3 is 1. The Kier molecular flexibility index (Phi) is 6.31. The molecule has 1 heterocycles. The average Bonchev–Trinajstić information content (AvgIpc) is 2.69. The second kappa shape index (κ2) is 8.89. The van der Waals surface area contributed by atoms with Gasteiger partial charge in [-0.05, 0) is 49.6 Å². The molecule has 28 heavy (non-hydrogen) atoms. The maximum atomic E-state index is 13.3. The third-order valence-corrected chi connectivity index (χ3v) is 5.14. The number of nitrogens with one attached hydrogen (secondary N) is 1. The summed E-state index contributed by atoms with van der Waals surface area (Å²) in [6.07, 6.45) is 1.39. The van der Waals surface area contributed by atoms with E-state index in [1.54, 1.807) is 7.11 Å². The van der Waals surface area contributed by atoms with E-state index in [4.69, 9.17) is 4.74 Å². The highest BCUT2D eigenvalue weighted by Crippen LogP contribution is 2.31. The van der Waals surface area contributed by atoms with E-state index in [1.165, 1.54) is 0 Å². The second-order valence-corrected chi connectivity index (χ2v) is 7.18. The van der Waals surface area contributed by atoms with Gasteiger partial charge < -0.3 is 15.2 Å². The molecule has 1 aliphatic heterocycles. The Morgan fingerprint density at radius 1 is 1.21 bits per heavy atom. The van der Waals surface area contributed by atoms with Gasteiger partial charge in [0.2, 0.25) is 5.91 Å². The minimum atomic E-state index is -0.808. The fourth-order valence-electron chi connectivity index (χ4n) is 3.73. The van der Waals surface area contributed by atoms with Gasteiger partial charge in [0.15, 0.2) is 0 Å². The molecule has 2 N–H and O–H groups in total. The van der Waals surface area contributed by atoms with Crippen LogP contribution in [0.1, 0.15) is 30.0 Å². The molecule has 0 bridgehead atoms. The number of carbonyl (C=O) groups is 2. The van der Waals surface area contributed by atoms with E-state index in [2.05, 4.69) is 5.32 Å². The lowest BCUT2D eigenvalue weighted by Gasteiger charge is -2.36. The Bertz CT molecular complexity index is 838. The quantitative estimate of drug-likeness (QED) is 0.800. The predicted octanol–water partition coefficient (Wildman–Crippen LogP) is 3.48. The molecule has 148 valence electrons. The van der Waals surface area contributed by atoms with Gasteiger partial charge in [-0.15, -0.1) is 0 Å². The first-order valence-corrected chi connectivity index (χ1v) is 9.47. The van der Waals surface area contributed by atoms with Crippen LogP contribution in [0.3, 0.4) is 0 Å². The minimum absolute atomic E-state index is 0.193. The summed E-state index contributed by atoms with van der Waals surface area (Å²) in [5.74, 6) is -0.868. The fourth-order valence-corrected chi connectivity index (χ4v) is 3.73. The van der Waals surface area contributed by atoms with Crippen LogP contribution in [0.2, 0.25) is 0 Å². The van der Waals surface area contributed by atoms with Gasteiger partial charge >= 0.3 is 5.97 Å². The molecule has 2 unspecified atom stereocenters. The van der Waals surface area contributed by atoms with Crippen molar-refractivity contribution in [3.63, 3.8) is 0 Å². The highest BCUT2D eigenvalue weighted by molar-refractivity contribution is 5.97. The van der Waals surface area contributed by atoms with E-state index < -0.39 is 17.9 Å². The number of carboxylic acid groups (broad SMARTS) is 1. The Balaban J connectivity index is 1.90. The predicted molar refractivity (Wildman–Crippen MR) is 107 cm³/mol. The van der Waals surface area contributed by atoms with Crippen LogP contribution < -0.4 is 10.1 Å². The van der Waals surface area contributed by atoms with Gasteiger partial charge in [0.05, 0.1) is 18.7 Å². The van der Waals surface area contributed by atoms with Crippen LogP contribution in [0.5, 0.6) is 5.75 Å². The molecule has 0 spiro atoms. The number of piperidine rings is 1. The second-order valence-electron chi connectivity index (χ2n) is 7.18. The van der Waals surface area contributed by atoms with E-state index in [9.17, 15) is 14.7 Å². The number of carbonyl (C=O) groups excluding carboxylic acids is 1. The molecule has 2 aromatic rings. The van der Waals surface area contributed by atoms with Crippen molar-refractivity contribution in [2.75, 3.05) is 25.5 Å². The van der Waals surface area contributed by atoms with Crippen LogP contribution in [0.25, 0.3) is 0 Å². The van der Waals surface area contributed by atoms with Crippen molar-refractivity contribution in [2.45, 2.75) is 25.8 Å². The molecule has 1 amide bonds. The van der Waals surface area contributed by atoms with Gasteiger partial charge in [-0.1, -0.05) is 36.4 Å². The fraction of sp³-hybridized carbons (Fsp3) is 0.364. The van der Waals surface area contributed by atoms with Gasteiger partial charge in [-0.2, -0.15) is 0 Å². The molecule has 6 nitrogen and oxygen atoms in total. The normalized spacial score (nSPS) is 18.3. The maximum absolute atomic E-state index is 13.3. The zero-order valence-corrected chi connectivity index (χ0v) is 16.2. The number of ether oxygens (including phenoxy) is 1. The standard InChI is InChI=1S/C22H26N2O4/c1-15-10-11-19(28-2)18(13-15)23-21(25)20(16-7-4-3-5-8-16)24-12-6-9-17(14-24)22(26)27/h3-5,7-8,10-11,13,17,20H,6,9,12,14H2,1-2H3,(H,23,25)(H,26,27). The molecule has 6 heteroatoms. The van der Waals surface area contributed by atoms with Gasteiger partial charge in [0, 0.05) is 6.54 Å². The Labute approximate surface area is 165 Å². The van der Waals surface area contributed by atoms with E-state index in [0.717, 1.165) is 17.5 Å². The first kappa shape index (κ1) is 19.9. The number of hydrogen-bond acceptors (Lipinski definition) is 4. The molecule has 0 aliphatic carbocycles. The molecule has 0 saturated carbocycles. The molecule has 1 aliphatic rings. The lowest BCUT2D eigenvalue weighted by molar-refractivity contribution is -0.144. The highest BCUT2D eigenvalue weighted by Gasteiger charge is 2.34. The lowest BCUT2D eigenvalue weighted by atomic mass is 9.94. The van der Waals surface area contributed by atoms with Gasteiger partial charge in [0.25, 0.3) is 0 Å². The molecule has 2 aromatic carbocycles. The molecular formula is C22H26N2O4. The summed E-state index contributed by atoms with van der Waals surface area (Å²) >= 11 is 0. The van der Waals surface area contributed by atoms with Crippen LogP contribution in [-0.4, -0.2) is 42.1 Å². The van der Waals surface area contributed by atoms with Crippen LogP contribution in [0, 0.1) is 12.8 Å². The van der Waals surface area contributed by atoms with Crippen LogP contribution in [-0.2, 0) is 9.59 Å². The third kappa shape index (κ3) is 4.51. The SMILES string of the molecule is COc1ccc(C)cc1NC(=O)C(c1ccccc1)N1CCCC(C(=O)O)C1. The summed E-state index contributed by atoms with van der Waals surface area (Å²) < 4.78 is 5.37. The van der Waals surface area contributed by atoms with Crippen molar-refractivity contribution in [2.24, 2.45) is 5.92 Å². The number of rotatable bonds is 6. The lowest BCUT2D eigenvalue weighted by Crippen LogP contribution is -2.45. The van der Waals surface area contributed by atoms with E-state index in [0.29, 0.717) is 30.9 Å². The zero-order valence-electron chi connectivity index (χ0n) is 16.2. The molecule has 0 radical (unpaired) electrons. The van der Waals surface area contributed by atoms with Gasteiger partial charge in [0.1, 0.15) is 11.8 Å². The van der Waals surface area contributed by atoms with Crippen molar-refractivity contribution in [3.8, 4) is 5.75 Å². The van der Waals surface area contributed by atoms with Crippen molar-refractivity contribution in [1.29, 1.82) is 0 Å². The summed E-state index contributed by atoms with van der Waals surface area (Å²) in [7, 11) is 1.57. The van der Waals surface area contributed by atoms with E-state index in [-0.39, 0.29) is 5.91 Å². The topological polar surface area (TPSA) is 78.9 Å². The van der Waals surface area contributed by atoms with Crippen molar-refractivity contribution in [3.05, 3.63) is 59.7 Å². The summed E-state index contributed by atoms with van der Waals surface area (Å²) in [5.41, 5.74) is 2.47. The molecule has 1 saturated heterocycles. The number of aliphatic carboxylic acids is 1. The Morgan fingerprint density at radius 3 is 2.64 bits per heavy atom. The van der Waals surface area contributed by atoms with Gasteiger partial charge in [-0.25, -0.2) is 0 Å². The Morgan fingerprint density at radius 2 is 1.96 bits per heavy atom. The minimum Gasteiger partial charge on any atom is -0.495 e. The summed E-state index contributed by atoms with van der Waals surface area (Å²) in [6.45, 7) is 2.99. The number of anilines is 1. The summed E-state index contributed by atoms with van der Waals surface area (Å²) in [6, 6.07) is 14.5. The van der Waals surface area contributed by atoms with Crippen LogP contribution in [0.15, 0.2) is 48.5 Å². The Hall–Kier alpha value is -2.86. The van der Waals surface area contributed by atoms with E-state index in [1.807, 2.05) is 60.4 Å². The molecular weight excluding hydrogens is 356 g/mol. The highest BCUT2D eigenvalue weighted by atomic mass is 16.5. The number of nitrogens with zero attached hydrogens (tertiary/aromatic N) is 1. The number of hydrogen-bond donors (Lipinski definition) is 2. The van der Waals surface area contributed by atoms with Crippen molar-refractivity contribution in [1.82, 2.24) is 4.90 Å². The largest absolute Gasteiger partial charge is 0.495 e. The van der Waals surface area contributed by atoms with E-state index >= 15 is 0 Å². The molecule has 0 aromatic heterocycles. The monoisotopic (exact) mass is 382 g/mol. The first-order valence-electron chi connectivity index (χ1n) is 9.47. The van der Waals surface area contributed by atoms with Gasteiger partial charge in [-0.3, -0.25) is 14.5 Å². The van der Waals surface area contributed by atoms with Crippen molar-refractivity contribution >= 4 is 17.6 Å². The zero-order chi connectivity index (χ0) is 20.1. The molecule has 1 fully saturated rings. The number of amides is 1. The number of carboxylic acids is 1.